The minimum absolute atomic E-state index is 0.117. The van der Waals surface area contributed by atoms with Crippen LogP contribution in [0.3, 0.4) is 0 Å². The van der Waals surface area contributed by atoms with Crippen molar-refractivity contribution in [2.75, 3.05) is 19.7 Å². The molecule has 0 spiro atoms. The van der Waals surface area contributed by atoms with Crippen molar-refractivity contribution in [2.45, 2.75) is 0 Å². The second-order valence-electron chi connectivity index (χ2n) is 3.69. The van der Waals surface area contributed by atoms with Crippen molar-refractivity contribution in [1.29, 1.82) is 5.26 Å². The van der Waals surface area contributed by atoms with E-state index in [9.17, 15) is 14.7 Å². The van der Waals surface area contributed by atoms with Gasteiger partial charge in [-0.25, -0.2) is 0 Å². The van der Waals surface area contributed by atoms with Crippen LogP contribution in [0.1, 0.15) is 15.9 Å². The van der Waals surface area contributed by atoms with Gasteiger partial charge in [-0.1, -0.05) is 0 Å². The van der Waals surface area contributed by atoms with Crippen LogP contribution in [0.25, 0.3) is 0 Å². The molecule has 1 aromatic carbocycles. The molecule has 19 heavy (non-hydrogen) atoms. The molecule has 0 aromatic heterocycles. The summed E-state index contributed by atoms with van der Waals surface area (Å²) in [4.78, 5) is 23.5. The van der Waals surface area contributed by atoms with Gasteiger partial charge in [0, 0.05) is 6.54 Å². The van der Waals surface area contributed by atoms with E-state index in [1.165, 1.54) is 12.1 Å². The first-order valence-corrected chi connectivity index (χ1v) is 5.34. The van der Waals surface area contributed by atoms with Crippen LogP contribution in [0, 0.1) is 11.3 Å². The average Bonchev–Trinajstić information content (AvgIpc) is 2.36. The minimum Gasteiger partial charge on any atom is -0.507 e. The highest BCUT2D eigenvalue weighted by Gasteiger charge is 2.20. The van der Waals surface area contributed by atoms with E-state index in [2.05, 4.69) is 0 Å². The number of carbonyl (C=O) groups is 2. The molecule has 0 bridgehead atoms. The number of phenolic OH excluding ortho intramolecular Hbond substituents is 1. The summed E-state index contributed by atoms with van der Waals surface area (Å²) in [5.41, 5.74) is 0.0645. The Morgan fingerprint density at radius 3 is 2.53 bits per heavy atom. The predicted octanol–water partition coefficient (Wildman–Crippen LogP) is -0.217. The Bertz CT molecular complexity index is 535. The molecule has 0 aliphatic carbocycles. The van der Waals surface area contributed by atoms with Crippen LogP contribution in [-0.2, 0) is 4.79 Å². The lowest BCUT2D eigenvalue weighted by Gasteiger charge is -2.20. The molecule has 1 rings (SSSR count). The molecule has 3 N–H and O–H groups in total. The minimum atomic E-state index is -1.23. The van der Waals surface area contributed by atoms with Crippen molar-refractivity contribution in [3.05, 3.63) is 29.3 Å². The molecule has 0 radical (unpaired) electrons. The number of aliphatic carboxylic acids is 1. The summed E-state index contributed by atoms with van der Waals surface area (Å²) in [5, 5.41) is 35.8. The first kappa shape index (κ1) is 14.5. The zero-order chi connectivity index (χ0) is 14.4. The standard InChI is InChI=1S/C12H12N2O5/c13-6-8-1-2-9(10(16)5-8)12(19)14(3-4-15)7-11(17)18/h1-2,5,15-16H,3-4,7H2,(H,17,18). The highest BCUT2D eigenvalue weighted by atomic mass is 16.4. The molecule has 0 saturated heterocycles. The van der Waals surface area contributed by atoms with E-state index in [0.29, 0.717) is 0 Å². The first-order chi connectivity index (χ1) is 8.99. The van der Waals surface area contributed by atoms with Gasteiger partial charge in [-0.05, 0) is 18.2 Å². The van der Waals surface area contributed by atoms with Crippen LogP contribution in [-0.4, -0.2) is 51.8 Å². The van der Waals surface area contributed by atoms with Crippen LogP contribution in [0.5, 0.6) is 5.75 Å². The number of nitriles is 1. The number of amides is 1. The van der Waals surface area contributed by atoms with Crippen LogP contribution in [0.15, 0.2) is 18.2 Å². The maximum atomic E-state index is 12.0. The van der Waals surface area contributed by atoms with E-state index >= 15 is 0 Å². The molecule has 100 valence electrons. The summed E-state index contributed by atoms with van der Waals surface area (Å²) in [6.07, 6.45) is 0. The van der Waals surface area contributed by atoms with Crippen molar-refractivity contribution in [1.82, 2.24) is 4.90 Å². The SMILES string of the molecule is N#Cc1ccc(C(=O)N(CCO)CC(=O)O)c(O)c1. The van der Waals surface area contributed by atoms with Crippen molar-refractivity contribution in [3.63, 3.8) is 0 Å². The number of aromatic hydroxyl groups is 1. The fourth-order valence-electron chi connectivity index (χ4n) is 1.49. The lowest BCUT2D eigenvalue weighted by molar-refractivity contribution is -0.137. The Balaban J connectivity index is 3.02. The number of benzene rings is 1. The Morgan fingerprint density at radius 2 is 2.05 bits per heavy atom. The van der Waals surface area contributed by atoms with Crippen molar-refractivity contribution in [3.8, 4) is 11.8 Å². The monoisotopic (exact) mass is 264 g/mol. The van der Waals surface area contributed by atoms with Crippen LogP contribution >= 0.6 is 0 Å². The number of hydrogen-bond donors (Lipinski definition) is 3. The Kier molecular flexibility index (Phi) is 4.85. The largest absolute Gasteiger partial charge is 0.507 e. The molecule has 1 amide bonds. The lowest BCUT2D eigenvalue weighted by atomic mass is 10.1. The second-order valence-corrected chi connectivity index (χ2v) is 3.69. The van der Waals surface area contributed by atoms with Crippen molar-refractivity contribution in [2.24, 2.45) is 0 Å². The fraction of sp³-hybridized carbons (Fsp3) is 0.250. The third-order valence-electron chi connectivity index (χ3n) is 2.34. The molecule has 1 aromatic rings. The van der Waals surface area contributed by atoms with Gasteiger partial charge in [0.2, 0.25) is 0 Å². The third-order valence-corrected chi connectivity index (χ3v) is 2.34. The van der Waals surface area contributed by atoms with Crippen molar-refractivity contribution >= 4 is 11.9 Å². The molecule has 0 fully saturated rings. The number of carboxylic acid groups (broad SMARTS) is 1. The molecular weight excluding hydrogens is 252 g/mol. The van der Waals surface area contributed by atoms with Gasteiger partial charge in [-0.2, -0.15) is 5.26 Å². The number of carbonyl (C=O) groups excluding carboxylic acids is 1. The number of aliphatic hydroxyl groups is 1. The number of carboxylic acids is 1. The molecule has 7 heteroatoms. The van der Waals surface area contributed by atoms with Gasteiger partial charge in [0.15, 0.2) is 0 Å². The zero-order valence-electron chi connectivity index (χ0n) is 9.91. The zero-order valence-corrected chi connectivity index (χ0v) is 9.91. The highest BCUT2D eigenvalue weighted by molar-refractivity contribution is 5.98. The van der Waals surface area contributed by atoms with Crippen LogP contribution in [0.2, 0.25) is 0 Å². The van der Waals surface area contributed by atoms with E-state index in [-0.39, 0.29) is 17.7 Å². The van der Waals surface area contributed by atoms with Gasteiger partial charge < -0.3 is 20.2 Å². The average molecular weight is 264 g/mol. The Hall–Kier alpha value is -2.59. The molecule has 0 saturated carbocycles. The molecule has 0 aliphatic rings. The van der Waals surface area contributed by atoms with Crippen molar-refractivity contribution < 1.29 is 24.9 Å². The molecule has 0 unspecified atom stereocenters. The first-order valence-electron chi connectivity index (χ1n) is 5.34. The lowest BCUT2D eigenvalue weighted by Crippen LogP contribution is -2.37. The number of phenols is 1. The van der Waals surface area contributed by atoms with E-state index in [1.54, 1.807) is 6.07 Å². The summed E-state index contributed by atoms with van der Waals surface area (Å²) in [6.45, 7) is -1.14. The number of hydrogen-bond acceptors (Lipinski definition) is 5. The molecule has 0 aliphatic heterocycles. The van der Waals surface area contributed by atoms with Gasteiger partial charge in [0.05, 0.1) is 23.8 Å². The van der Waals surface area contributed by atoms with Gasteiger partial charge >= 0.3 is 5.97 Å². The predicted molar refractivity (Wildman–Crippen MR) is 63.4 cm³/mol. The molecule has 0 atom stereocenters. The molecule has 0 heterocycles. The number of nitrogens with zero attached hydrogens (tertiary/aromatic N) is 2. The van der Waals surface area contributed by atoms with Crippen LogP contribution in [0.4, 0.5) is 0 Å². The molecule has 7 nitrogen and oxygen atoms in total. The fourth-order valence-corrected chi connectivity index (χ4v) is 1.49. The smallest absolute Gasteiger partial charge is 0.323 e. The van der Waals surface area contributed by atoms with E-state index in [4.69, 9.17) is 15.5 Å². The van der Waals surface area contributed by atoms with Gasteiger partial charge in [-0.15, -0.1) is 0 Å². The normalized spacial score (nSPS) is 9.68. The topological polar surface area (TPSA) is 122 Å². The van der Waals surface area contributed by atoms with Gasteiger partial charge in [-0.3, -0.25) is 9.59 Å². The summed E-state index contributed by atoms with van der Waals surface area (Å²) >= 11 is 0. The van der Waals surface area contributed by atoms with Crippen LogP contribution < -0.4 is 0 Å². The summed E-state index contributed by atoms with van der Waals surface area (Å²) in [6, 6.07) is 5.49. The second kappa shape index (κ2) is 6.37. The third kappa shape index (κ3) is 3.69. The van der Waals surface area contributed by atoms with Gasteiger partial charge in [0.25, 0.3) is 5.91 Å². The summed E-state index contributed by atoms with van der Waals surface area (Å²) in [5.74, 6) is -2.36. The van der Waals surface area contributed by atoms with Gasteiger partial charge in [0.1, 0.15) is 12.3 Å². The maximum absolute atomic E-state index is 12.0. The number of aliphatic hydroxyl groups excluding tert-OH is 1. The van der Waals surface area contributed by atoms with E-state index < -0.39 is 30.8 Å². The van der Waals surface area contributed by atoms with E-state index in [0.717, 1.165) is 11.0 Å². The van der Waals surface area contributed by atoms with E-state index in [1.807, 2.05) is 0 Å². The molecular formula is C12H12N2O5. The highest BCUT2D eigenvalue weighted by Crippen LogP contribution is 2.20. The summed E-state index contributed by atoms with van der Waals surface area (Å²) < 4.78 is 0. The quantitative estimate of drug-likeness (QED) is 0.676. The number of rotatable bonds is 5. The Labute approximate surface area is 108 Å². The Morgan fingerprint density at radius 1 is 1.37 bits per heavy atom. The summed E-state index contributed by atoms with van der Waals surface area (Å²) in [7, 11) is 0. The maximum Gasteiger partial charge on any atom is 0.323 e.